The molecule has 3 aromatic rings. The molecule has 0 atom stereocenters. The van der Waals surface area contributed by atoms with Crippen LogP contribution in [0.1, 0.15) is 16.7 Å². The highest BCUT2D eigenvalue weighted by Gasteiger charge is 2.35. The van der Waals surface area contributed by atoms with Crippen molar-refractivity contribution in [1.82, 2.24) is 4.90 Å². The Labute approximate surface area is 211 Å². The zero-order valence-corrected chi connectivity index (χ0v) is 20.8. The van der Waals surface area contributed by atoms with E-state index in [0.717, 1.165) is 27.8 Å². The van der Waals surface area contributed by atoms with Gasteiger partial charge in [0.1, 0.15) is 4.90 Å². The Kier molecular flexibility index (Phi) is 7.04. The fraction of sp³-hybridized carbons (Fsp3) is 0.0833. The number of carbonyl (C=O) groups is 2. The average molecular weight is 534 g/mol. The lowest BCUT2D eigenvalue weighted by atomic mass is 10.2. The third-order valence-corrected chi connectivity index (χ3v) is 7.58. The minimum atomic E-state index is -4.16. The fourth-order valence-electron chi connectivity index (χ4n) is 3.16. The first-order valence-corrected chi connectivity index (χ1v) is 12.9. The van der Waals surface area contributed by atoms with E-state index in [9.17, 15) is 18.0 Å². The highest BCUT2D eigenvalue weighted by atomic mass is 35.5. The normalized spacial score (nSPS) is 15.3. The van der Waals surface area contributed by atoms with Crippen LogP contribution in [0.3, 0.4) is 0 Å². The summed E-state index contributed by atoms with van der Waals surface area (Å²) in [5.74, 6) is -0.661. The van der Waals surface area contributed by atoms with Crippen molar-refractivity contribution in [2.45, 2.75) is 18.4 Å². The molecule has 3 aromatic carbocycles. The summed E-state index contributed by atoms with van der Waals surface area (Å²) in [7, 11) is -4.16. The van der Waals surface area contributed by atoms with E-state index >= 15 is 0 Å². The van der Waals surface area contributed by atoms with Gasteiger partial charge in [-0.25, -0.2) is 0 Å². The topological polar surface area (TPSA) is 80.8 Å². The molecule has 174 valence electrons. The maximum Gasteiger partial charge on any atom is 0.339 e. The van der Waals surface area contributed by atoms with Gasteiger partial charge in [-0.15, -0.1) is 0 Å². The highest BCUT2D eigenvalue weighted by molar-refractivity contribution is 8.18. The van der Waals surface area contributed by atoms with E-state index in [4.69, 9.17) is 27.4 Å². The van der Waals surface area contributed by atoms with Crippen molar-refractivity contribution in [3.8, 4) is 5.75 Å². The standard InChI is InChI=1S/C24H17Cl2NO5S2/c1-15-7-9-18(10-8-15)34(30,31)32-22-19(25)11-17(12-20(22)26)13-21-23(28)27(24(29)33-21)14-16-5-3-2-4-6-16/h2-13H,14H2,1H3/b21-13-. The maximum absolute atomic E-state index is 12.8. The van der Waals surface area contributed by atoms with Gasteiger partial charge in [0.2, 0.25) is 0 Å². The molecule has 10 heteroatoms. The molecule has 1 fully saturated rings. The van der Waals surface area contributed by atoms with Gasteiger partial charge in [-0.05, 0) is 60.2 Å². The van der Waals surface area contributed by atoms with E-state index in [-0.39, 0.29) is 37.4 Å². The van der Waals surface area contributed by atoms with Crippen LogP contribution in [-0.2, 0) is 21.5 Å². The Morgan fingerprint density at radius 3 is 2.21 bits per heavy atom. The van der Waals surface area contributed by atoms with Crippen LogP contribution in [0.4, 0.5) is 4.79 Å². The number of hydrogen-bond acceptors (Lipinski definition) is 6. The molecule has 2 amide bonds. The summed E-state index contributed by atoms with van der Waals surface area (Å²) in [4.78, 5) is 26.5. The highest BCUT2D eigenvalue weighted by Crippen LogP contribution is 2.39. The quantitative estimate of drug-likeness (QED) is 0.273. The second-order valence-corrected chi connectivity index (χ2v) is 10.8. The minimum absolute atomic E-state index is 0.0404. The molecule has 6 nitrogen and oxygen atoms in total. The van der Waals surface area contributed by atoms with E-state index in [0.29, 0.717) is 5.56 Å². The number of hydrogen-bond donors (Lipinski definition) is 0. The maximum atomic E-state index is 12.8. The van der Waals surface area contributed by atoms with E-state index in [1.807, 2.05) is 37.3 Å². The van der Waals surface area contributed by atoms with E-state index in [1.165, 1.54) is 30.3 Å². The molecule has 1 aliphatic rings. The van der Waals surface area contributed by atoms with Crippen molar-refractivity contribution < 1.29 is 22.2 Å². The molecule has 1 saturated heterocycles. The Hall–Kier alpha value is -2.78. The van der Waals surface area contributed by atoms with Crippen LogP contribution in [0.5, 0.6) is 5.75 Å². The van der Waals surface area contributed by atoms with Crippen LogP contribution in [-0.4, -0.2) is 24.5 Å². The summed E-state index contributed by atoms with van der Waals surface area (Å²) >= 11 is 13.3. The molecule has 1 heterocycles. The summed E-state index contributed by atoms with van der Waals surface area (Å²) in [6.45, 7) is 1.99. The van der Waals surface area contributed by atoms with Gasteiger partial charge in [0.15, 0.2) is 5.75 Å². The molecule has 0 radical (unpaired) electrons. The lowest BCUT2D eigenvalue weighted by molar-refractivity contribution is -0.123. The van der Waals surface area contributed by atoms with Crippen LogP contribution in [0.25, 0.3) is 6.08 Å². The van der Waals surface area contributed by atoms with Gasteiger partial charge < -0.3 is 4.18 Å². The van der Waals surface area contributed by atoms with Gasteiger partial charge >= 0.3 is 10.1 Å². The smallest absolute Gasteiger partial charge is 0.339 e. The van der Waals surface area contributed by atoms with Crippen molar-refractivity contribution in [2.75, 3.05) is 0 Å². The molecule has 34 heavy (non-hydrogen) atoms. The molecule has 0 unspecified atom stereocenters. The van der Waals surface area contributed by atoms with Crippen molar-refractivity contribution in [1.29, 1.82) is 0 Å². The predicted octanol–water partition coefficient (Wildman–Crippen LogP) is 6.31. The number of amides is 2. The monoisotopic (exact) mass is 533 g/mol. The van der Waals surface area contributed by atoms with Crippen molar-refractivity contribution >= 4 is 62.3 Å². The van der Waals surface area contributed by atoms with Crippen LogP contribution >= 0.6 is 35.0 Å². The lowest BCUT2D eigenvalue weighted by Gasteiger charge is -2.12. The fourth-order valence-corrected chi connectivity index (χ4v) is 5.63. The molecule has 0 aliphatic carbocycles. The first-order valence-electron chi connectivity index (χ1n) is 9.93. The first-order chi connectivity index (χ1) is 16.1. The Balaban J connectivity index is 1.56. The number of benzene rings is 3. The number of rotatable bonds is 6. The van der Waals surface area contributed by atoms with Gasteiger partial charge in [-0.2, -0.15) is 8.42 Å². The summed E-state index contributed by atoms with van der Waals surface area (Å²) in [6.07, 6.45) is 1.48. The second-order valence-electron chi connectivity index (χ2n) is 7.42. The largest absolute Gasteiger partial charge is 0.376 e. The molecular weight excluding hydrogens is 517 g/mol. The SMILES string of the molecule is Cc1ccc(S(=O)(=O)Oc2c(Cl)cc(/C=C3\SC(=O)N(Cc4ccccc4)C3=O)cc2Cl)cc1. The molecule has 0 bridgehead atoms. The van der Waals surface area contributed by atoms with Crippen molar-refractivity contribution in [3.63, 3.8) is 0 Å². The molecule has 4 rings (SSSR count). The van der Waals surface area contributed by atoms with Gasteiger partial charge in [0.25, 0.3) is 11.1 Å². The number of imide groups is 1. The molecule has 0 spiro atoms. The molecule has 1 aliphatic heterocycles. The van der Waals surface area contributed by atoms with E-state index in [2.05, 4.69) is 0 Å². The number of aryl methyl sites for hydroxylation is 1. The number of carbonyl (C=O) groups excluding carboxylic acids is 2. The van der Waals surface area contributed by atoms with Gasteiger partial charge in [-0.1, -0.05) is 71.2 Å². The zero-order chi connectivity index (χ0) is 24.5. The Bertz CT molecular complexity index is 1380. The van der Waals surface area contributed by atoms with Gasteiger partial charge in [0, 0.05) is 0 Å². The molecule has 0 N–H and O–H groups in total. The average Bonchev–Trinajstić information content (AvgIpc) is 3.05. The molecular formula is C24H17Cl2NO5S2. The van der Waals surface area contributed by atoms with Crippen LogP contribution in [0.15, 0.2) is 76.5 Å². The molecule has 0 saturated carbocycles. The summed E-state index contributed by atoms with van der Waals surface area (Å²) in [5, 5.41) is -0.502. The third kappa shape index (κ3) is 5.31. The number of nitrogens with zero attached hydrogens (tertiary/aromatic N) is 1. The summed E-state index contributed by atoms with van der Waals surface area (Å²) in [5.41, 5.74) is 2.14. The molecule has 0 aromatic heterocycles. The Morgan fingerprint density at radius 1 is 0.971 bits per heavy atom. The Morgan fingerprint density at radius 2 is 1.59 bits per heavy atom. The first kappa shape index (κ1) is 24.3. The van der Waals surface area contributed by atoms with E-state index < -0.39 is 16.0 Å². The zero-order valence-electron chi connectivity index (χ0n) is 17.7. The van der Waals surface area contributed by atoms with E-state index in [1.54, 1.807) is 12.1 Å². The van der Waals surface area contributed by atoms with Gasteiger partial charge in [-0.3, -0.25) is 14.5 Å². The summed E-state index contributed by atoms with van der Waals surface area (Å²) in [6, 6.07) is 18.1. The number of thioether (sulfide) groups is 1. The van der Waals surface area contributed by atoms with Crippen LogP contribution < -0.4 is 4.18 Å². The minimum Gasteiger partial charge on any atom is -0.376 e. The van der Waals surface area contributed by atoms with Crippen LogP contribution in [0.2, 0.25) is 10.0 Å². The van der Waals surface area contributed by atoms with Crippen molar-refractivity contribution in [3.05, 3.63) is 98.4 Å². The lowest BCUT2D eigenvalue weighted by Crippen LogP contribution is -2.27. The van der Waals surface area contributed by atoms with Crippen LogP contribution in [0, 0.1) is 6.92 Å². The third-order valence-electron chi connectivity index (χ3n) is 4.88. The summed E-state index contributed by atoms with van der Waals surface area (Å²) < 4.78 is 30.4. The van der Waals surface area contributed by atoms with Crippen molar-refractivity contribution in [2.24, 2.45) is 0 Å². The second kappa shape index (κ2) is 9.84. The predicted molar refractivity (Wildman–Crippen MR) is 133 cm³/mol. The number of halogens is 2. The van der Waals surface area contributed by atoms with Gasteiger partial charge in [0.05, 0.1) is 21.5 Å².